The van der Waals surface area contributed by atoms with E-state index in [1.165, 1.54) is 0 Å². The molecule has 0 aliphatic rings. The molecule has 0 spiro atoms. The standard InChI is InChI=1S/C9H8BrN3/c10-7-1-2-9-8(3-7)6(4-12-9)5-13-11/h1-5,12H,11H2/b13-5+. The zero-order chi connectivity index (χ0) is 9.26. The van der Waals surface area contributed by atoms with Crippen LogP contribution in [0.15, 0.2) is 34.0 Å². The van der Waals surface area contributed by atoms with Crippen molar-refractivity contribution in [3.8, 4) is 0 Å². The van der Waals surface area contributed by atoms with Gasteiger partial charge in [0.2, 0.25) is 0 Å². The van der Waals surface area contributed by atoms with Crippen LogP contribution < -0.4 is 5.84 Å². The summed E-state index contributed by atoms with van der Waals surface area (Å²) in [6, 6.07) is 6.03. The van der Waals surface area contributed by atoms with Crippen LogP contribution in [0, 0.1) is 0 Å². The van der Waals surface area contributed by atoms with Crippen molar-refractivity contribution < 1.29 is 0 Å². The largest absolute Gasteiger partial charge is 0.361 e. The molecular formula is C9H8BrN3. The van der Waals surface area contributed by atoms with Gasteiger partial charge in [-0.05, 0) is 18.2 Å². The highest BCUT2D eigenvalue weighted by molar-refractivity contribution is 9.10. The van der Waals surface area contributed by atoms with Crippen molar-refractivity contribution in [2.75, 3.05) is 0 Å². The molecule has 4 heteroatoms. The van der Waals surface area contributed by atoms with E-state index >= 15 is 0 Å². The molecule has 0 aliphatic heterocycles. The predicted octanol–water partition coefficient (Wildman–Crippen LogP) is 2.22. The Hall–Kier alpha value is -1.29. The van der Waals surface area contributed by atoms with E-state index in [0.29, 0.717) is 0 Å². The monoisotopic (exact) mass is 237 g/mol. The minimum absolute atomic E-state index is 0.999. The third kappa shape index (κ3) is 1.45. The molecule has 0 unspecified atom stereocenters. The second-order valence-corrected chi connectivity index (χ2v) is 3.63. The zero-order valence-corrected chi connectivity index (χ0v) is 8.38. The molecule has 3 nitrogen and oxygen atoms in total. The van der Waals surface area contributed by atoms with Crippen LogP contribution in [0.2, 0.25) is 0 Å². The smallest absolute Gasteiger partial charge is 0.0559 e. The third-order valence-corrected chi connectivity index (χ3v) is 2.38. The molecule has 13 heavy (non-hydrogen) atoms. The van der Waals surface area contributed by atoms with Crippen LogP contribution in [0.5, 0.6) is 0 Å². The number of hydrogen-bond acceptors (Lipinski definition) is 2. The van der Waals surface area contributed by atoms with Crippen molar-refractivity contribution in [1.29, 1.82) is 0 Å². The molecule has 2 rings (SSSR count). The van der Waals surface area contributed by atoms with E-state index in [-0.39, 0.29) is 0 Å². The molecule has 3 N–H and O–H groups in total. The Morgan fingerprint density at radius 1 is 1.46 bits per heavy atom. The lowest BCUT2D eigenvalue weighted by molar-refractivity contribution is 1.26. The maximum atomic E-state index is 5.09. The number of aromatic nitrogens is 1. The van der Waals surface area contributed by atoms with Crippen molar-refractivity contribution in [2.45, 2.75) is 0 Å². The summed E-state index contributed by atoms with van der Waals surface area (Å²) in [5, 5.41) is 4.61. The van der Waals surface area contributed by atoms with E-state index in [0.717, 1.165) is 20.9 Å². The Kier molecular flexibility index (Phi) is 2.06. The third-order valence-electron chi connectivity index (χ3n) is 1.89. The quantitative estimate of drug-likeness (QED) is 0.446. The van der Waals surface area contributed by atoms with Crippen LogP contribution in [-0.2, 0) is 0 Å². The lowest BCUT2D eigenvalue weighted by Gasteiger charge is -1.92. The molecule has 0 saturated carbocycles. The second-order valence-electron chi connectivity index (χ2n) is 2.71. The van der Waals surface area contributed by atoms with Crippen LogP contribution in [-0.4, -0.2) is 11.2 Å². The number of fused-ring (bicyclic) bond motifs is 1. The van der Waals surface area contributed by atoms with Crippen LogP contribution in [0.25, 0.3) is 10.9 Å². The molecule has 0 radical (unpaired) electrons. The molecular weight excluding hydrogens is 230 g/mol. The van der Waals surface area contributed by atoms with Crippen molar-refractivity contribution in [3.05, 3.63) is 34.4 Å². The SMILES string of the molecule is N/N=C/c1c[nH]c2ccc(Br)cc12. The fourth-order valence-corrected chi connectivity index (χ4v) is 1.66. The first-order valence-corrected chi connectivity index (χ1v) is 4.60. The molecule has 0 saturated heterocycles. The minimum atomic E-state index is 0.999. The maximum Gasteiger partial charge on any atom is 0.0559 e. The average Bonchev–Trinajstić information content (AvgIpc) is 2.49. The van der Waals surface area contributed by atoms with E-state index in [9.17, 15) is 0 Å². The van der Waals surface area contributed by atoms with Gasteiger partial charge in [-0.15, -0.1) is 0 Å². The first kappa shape index (κ1) is 8.31. The lowest BCUT2D eigenvalue weighted by Crippen LogP contribution is -1.83. The van der Waals surface area contributed by atoms with Crippen LogP contribution in [0.1, 0.15) is 5.56 Å². The number of H-pyrrole nitrogens is 1. The van der Waals surface area contributed by atoms with Gasteiger partial charge in [0.25, 0.3) is 0 Å². The Labute approximate surface area is 83.8 Å². The molecule has 66 valence electrons. The first-order chi connectivity index (χ1) is 6.31. The average molecular weight is 238 g/mol. The summed E-state index contributed by atoms with van der Waals surface area (Å²) in [5.74, 6) is 5.09. The Morgan fingerprint density at radius 2 is 2.31 bits per heavy atom. The molecule has 0 aliphatic carbocycles. The van der Waals surface area contributed by atoms with Crippen molar-refractivity contribution in [2.24, 2.45) is 10.9 Å². The summed E-state index contributed by atoms with van der Waals surface area (Å²) in [6.45, 7) is 0. The van der Waals surface area contributed by atoms with Crippen molar-refractivity contribution >= 4 is 33.0 Å². The number of aromatic amines is 1. The number of nitrogens with two attached hydrogens (primary N) is 1. The second kappa shape index (κ2) is 3.22. The van der Waals surface area contributed by atoms with Crippen LogP contribution in [0.4, 0.5) is 0 Å². The molecule has 0 fully saturated rings. The van der Waals surface area contributed by atoms with E-state index < -0.39 is 0 Å². The minimum Gasteiger partial charge on any atom is -0.361 e. The summed E-state index contributed by atoms with van der Waals surface area (Å²) in [4.78, 5) is 3.13. The van der Waals surface area contributed by atoms with E-state index in [1.54, 1.807) is 6.21 Å². The van der Waals surface area contributed by atoms with Gasteiger partial charge in [-0.25, -0.2) is 0 Å². The summed E-state index contributed by atoms with van der Waals surface area (Å²) in [7, 11) is 0. The van der Waals surface area contributed by atoms with Gasteiger partial charge in [0, 0.05) is 27.1 Å². The predicted molar refractivity (Wildman–Crippen MR) is 57.8 cm³/mol. The van der Waals surface area contributed by atoms with Crippen LogP contribution >= 0.6 is 15.9 Å². The first-order valence-electron chi connectivity index (χ1n) is 3.81. The van der Waals surface area contributed by atoms with Crippen molar-refractivity contribution in [1.82, 2.24) is 4.98 Å². The molecule has 0 amide bonds. The fourth-order valence-electron chi connectivity index (χ4n) is 1.30. The molecule has 1 aromatic carbocycles. The summed E-state index contributed by atoms with van der Waals surface area (Å²) in [6.07, 6.45) is 3.51. The molecule has 1 aromatic heterocycles. The number of halogens is 1. The summed E-state index contributed by atoms with van der Waals surface area (Å²) < 4.78 is 1.05. The summed E-state index contributed by atoms with van der Waals surface area (Å²) >= 11 is 3.41. The molecule has 0 bridgehead atoms. The Balaban J connectivity index is 2.71. The highest BCUT2D eigenvalue weighted by atomic mass is 79.9. The van der Waals surface area contributed by atoms with Gasteiger partial charge in [0.05, 0.1) is 6.21 Å². The molecule has 0 atom stereocenters. The normalized spacial score (nSPS) is 11.5. The number of nitrogens with one attached hydrogen (secondary N) is 1. The summed E-state index contributed by atoms with van der Waals surface area (Å²) in [5.41, 5.74) is 2.08. The number of hydrazone groups is 1. The highest BCUT2D eigenvalue weighted by Crippen LogP contribution is 2.21. The van der Waals surface area contributed by atoms with Crippen LogP contribution in [0.3, 0.4) is 0 Å². The number of hydrogen-bond donors (Lipinski definition) is 2. The number of rotatable bonds is 1. The topological polar surface area (TPSA) is 54.2 Å². The van der Waals surface area contributed by atoms with Gasteiger partial charge < -0.3 is 10.8 Å². The highest BCUT2D eigenvalue weighted by Gasteiger charge is 2.00. The molecule has 1 heterocycles. The number of benzene rings is 1. The van der Waals surface area contributed by atoms with E-state index in [4.69, 9.17) is 5.84 Å². The van der Waals surface area contributed by atoms with Gasteiger partial charge in [0.15, 0.2) is 0 Å². The van der Waals surface area contributed by atoms with Gasteiger partial charge in [0.1, 0.15) is 0 Å². The number of nitrogens with zero attached hydrogens (tertiary/aromatic N) is 1. The van der Waals surface area contributed by atoms with Gasteiger partial charge in [-0.3, -0.25) is 0 Å². The zero-order valence-electron chi connectivity index (χ0n) is 6.79. The van der Waals surface area contributed by atoms with E-state index in [1.807, 2.05) is 24.4 Å². The van der Waals surface area contributed by atoms with Gasteiger partial charge in [-0.2, -0.15) is 5.10 Å². The molecule has 2 aromatic rings. The fraction of sp³-hybridized carbons (Fsp3) is 0. The lowest BCUT2D eigenvalue weighted by atomic mass is 10.2. The van der Waals surface area contributed by atoms with Crippen molar-refractivity contribution in [3.63, 3.8) is 0 Å². The Morgan fingerprint density at radius 3 is 3.08 bits per heavy atom. The van der Waals surface area contributed by atoms with E-state index in [2.05, 4.69) is 26.0 Å². The van der Waals surface area contributed by atoms with Gasteiger partial charge in [-0.1, -0.05) is 15.9 Å². The van der Waals surface area contributed by atoms with Gasteiger partial charge >= 0.3 is 0 Å². The Bertz CT molecular complexity index is 459. The maximum absolute atomic E-state index is 5.09.